The van der Waals surface area contributed by atoms with Crippen molar-refractivity contribution in [1.82, 2.24) is 0 Å². The number of ether oxygens (including phenoxy) is 1. The van der Waals surface area contributed by atoms with Gasteiger partial charge in [-0.15, -0.1) is 0 Å². The molecule has 1 unspecified atom stereocenters. The Morgan fingerprint density at radius 3 is 1.96 bits per heavy atom. The van der Waals surface area contributed by atoms with E-state index in [0.717, 1.165) is 22.3 Å². The van der Waals surface area contributed by atoms with Crippen LogP contribution in [0.25, 0.3) is 11.3 Å². The van der Waals surface area contributed by atoms with Gasteiger partial charge in [0.1, 0.15) is 17.4 Å². The van der Waals surface area contributed by atoms with Crippen molar-refractivity contribution in [2.75, 3.05) is 0 Å². The second kappa shape index (κ2) is 6.29. The lowest BCUT2D eigenvalue weighted by Gasteiger charge is -2.12. The standard InChI is InChI=1S/C22H16O3/c23-18-13-11-17(12-14-18)21-19(15-7-3-1-4-8-15)20(22(24)25-21)16-9-5-2-6-10-16/h1-14,20,23H. The Bertz CT molecular complexity index is 926. The summed E-state index contributed by atoms with van der Waals surface area (Å²) in [6.07, 6.45) is 0. The predicted octanol–water partition coefficient (Wildman–Crippen LogP) is 4.60. The molecule has 0 amide bonds. The summed E-state index contributed by atoms with van der Waals surface area (Å²) in [5.74, 6) is -0.0277. The van der Waals surface area contributed by atoms with E-state index >= 15 is 0 Å². The third-order valence-electron chi connectivity index (χ3n) is 4.32. The maximum atomic E-state index is 12.7. The number of cyclic esters (lactones) is 1. The molecule has 1 N–H and O–H groups in total. The molecule has 0 aromatic heterocycles. The van der Waals surface area contributed by atoms with E-state index in [2.05, 4.69) is 0 Å². The molecule has 25 heavy (non-hydrogen) atoms. The molecule has 1 aliphatic rings. The average Bonchev–Trinajstić information content (AvgIpc) is 3.01. The number of phenolic OH excluding ortho intramolecular Hbond substituents is 1. The zero-order valence-corrected chi connectivity index (χ0v) is 13.4. The van der Waals surface area contributed by atoms with Gasteiger partial charge in [0.2, 0.25) is 0 Å². The average molecular weight is 328 g/mol. The van der Waals surface area contributed by atoms with Gasteiger partial charge >= 0.3 is 5.97 Å². The first-order chi connectivity index (χ1) is 12.2. The minimum Gasteiger partial charge on any atom is -0.508 e. The van der Waals surface area contributed by atoms with Crippen LogP contribution in [0, 0.1) is 0 Å². The largest absolute Gasteiger partial charge is 0.508 e. The van der Waals surface area contributed by atoms with Crippen LogP contribution in [0.4, 0.5) is 0 Å². The van der Waals surface area contributed by atoms with Crippen LogP contribution in [0.5, 0.6) is 5.75 Å². The van der Waals surface area contributed by atoms with Crippen molar-refractivity contribution < 1.29 is 14.6 Å². The van der Waals surface area contributed by atoms with Crippen LogP contribution in [-0.2, 0) is 9.53 Å². The van der Waals surface area contributed by atoms with E-state index in [1.54, 1.807) is 24.3 Å². The van der Waals surface area contributed by atoms with E-state index in [1.165, 1.54) is 0 Å². The van der Waals surface area contributed by atoms with Crippen LogP contribution in [0.3, 0.4) is 0 Å². The van der Waals surface area contributed by atoms with E-state index in [9.17, 15) is 9.90 Å². The monoisotopic (exact) mass is 328 g/mol. The molecule has 0 aliphatic carbocycles. The number of carbonyl (C=O) groups is 1. The van der Waals surface area contributed by atoms with Crippen molar-refractivity contribution >= 4 is 17.3 Å². The highest BCUT2D eigenvalue weighted by Crippen LogP contribution is 2.45. The number of aromatic hydroxyl groups is 1. The third kappa shape index (κ3) is 2.81. The van der Waals surface area contributed by atoms with Crippen molar-refractivity contribution in [3.63, 3.8) is 0 Å². The van der Waals surface area contributed by atoms with E-state index in [0.29, 0.717) is 5.76 Å². The van der Waals surface area contributed by atoms with Gasteiger partial charge in [0.25, 0.3) is 0 Å². The van der Waals surface area contributed by atoms with Crippen molar-refractivity contribution in [1.29, 1.82) is 0 Å². The van der Waals surface area contributed by atoms with Gasteiger partial charge in [-0.3, -0.25) is 4.79 Å². The lowest BCUT2D eigenvalue weighted by Crippen LogP contribution is -2.09. The summed E-state index contributed by atoms with van der Waals surface area (Å²) in [5.41, 5.74) is 3.47. The molecule has 0 bridgehead atoms. The first-order valence-corrected chi connectivity index (χ1v) is 8.09. The van der Waals surface area contributed by atoms with Crippen molar-refractivity contribution in [3.05, 3.63) is 102 Å². The zero-order valence-electron chi connectivity index (χ0n) is 13.4. The molecule has 0 saturated carbocycles. The number of hydrogen-bond donors (Lipinski definition) is 1. The van der Waals surface area contributed by atoms with Gasteiger partial charge in [-0.2, -0.15) is 0 Å². The lowest BCUT2D eigenvalue weighted by atomic mass is 9.86. The summed E-state index contributed by atoms with van der Waals surface area (Å²) in [6.45, 7) is 0. The van der Waals surface area contributed by atoms with Gasteiger partial charge in [-0.25, -0.2) is 0 Å². The Kier molecular flexibility index (Phi) is 3.82. The molecule has 1 atom stereocenters. The molecule has 4 rings (SSSR count). The lowest BCUT2D eigenvalue weighted by molar-refractivity contribution is -0.135. The summed E-state index contributed by atoms with van der Waals surface area (Å²) >= 11 is 0. The molecule has 3 heteroatoms. The SMILES string of the molecule is O=C1OC(c2ccc(O)cc2)=C(c2ccccc2)C1c1ccccc1. The van der Waals surface area contributed by atoms with Crippen LogP contribution in [0.2, 0.25) is 0 Å². The topological polar surface area (TPSA) is 46.5 Å². The Morgan fingerprint density at radius 2 is 1.32 bits per heavy atom. The van der Waals surface area contributed by atoms with Crippen molar-refractivity contribution in [2.45, 2.75) is 5.92 Å². The van der Waals surface area contributed by atoms with E-state index < -0.39 is 5.92 Å². The van der Waals surface area contributed by atoms with Gasteiger partial charge in [0.05, 0.1) is 0 Å². The molecule has 0 fully saturated rings. The second-order valence-electron chi connectivity index (χ2n) is 5.92. The number of rotatable bonds is 3. The van der Waals surface area contributed by atoms with Crippen LogP contribution in [-0.4, -0.2) is 11.1 Å². The molecule has 3 aromatic rings. The highest BCUT2D eigenvalue weighted by atomic mass is 16.5. The van der Waals surface area contributed by atoms with E-state index in [4.69, 9.17) is 4.74 Å². The van der Waals surface area contributed by atoms with E-state index in [-0.39, 0.29) is 11.7 Å². The Hall–Kier alpha value is -3.33. The number of benzene rings is 3. The second-order valence-corrected chi connectivity index (χ2v) is 5.92. The molecular weight excluding hydrogens is 312 g/mol. The molecule has 0 saturated heterocycles. The Balaban J connectivity index is 1.93. The van der Waals surface area contributed by atoms with Gasteiger partial charge in [-0.1, -0.05) is 60.7 Å². The normalized spacial score (nSPS) is 16.8. The molecule has 122 valence electrons. The highest BCUT2D eigenvalue weighted by Gasteiger charge is 2.38. The van der Waals surface area contributed by atoms with Crippen LogP contribution in [0.1, 0.15) is 22.6 Å². The van der Waals surface area contributed by atoms with Gasteiger partial charge in [0, 0.05) is 11.1 Å². The minimum absolute atomic E-state index is 0.176. The molecule has 0 spiro atoms. The van der Waals surface area contributed by atoms with E-state index in [1.807, 2.05) is 60.7 Å². The fourth-order valence-corrected chi connectivity index (χ4v) is 3.15. The number of esters is 1. The molecule has 1 aliphatic heterocycles. The van der Waals surface area contributed by atoms with Crippen LogP contribution < -0.4 is 0 Å². The summed E-state index contributed by atoms with van der Waals surface area (Å²) in [6, 6.07) is 26.1. The number of phenols is 1. The summed E-state index contributed by atoms with van der Waals surface area (Å²) in [4.78, 5) is 12.7. The Labute approximate surface area is 145 Å². The highest BCUT2D eigenvalue weighted by molar-refractivity contribution is 6.09. The minimum atomic E-state index is -0.465. The summed E-state index contributed by atoms with van der Waals surface area (Å²) in [5, 5.41) is 9.54. The molecule has 3 nitrogen and oxygen atoms in total. The smallest absolute Gasteiger partial charge is 0.323 e. The maximum Gasteiger partial charge on any atom is 0.323 e. The van der Waals surface area contributed by atoms with Crippen LogP contribution in [0.15, 0.2) is 84.9 Å². The molecular formula is C22H16O3. The Morgan fingerprint density at radius 1 is 0.720 bits per heavy atom. The maximum absolute atomic E-state index is 12.7. The zero-order chi connectivity index (χ0) is 17.2. The molecule has 0 radical (unpaired) electrons. The summed E-state index contributed by atoms with van der Waals surface area (Å²) in [7, 11) is 0. The summed E-state index contributed by atoms with van der Waals surface area (Å²) < 4.78 is 5.68. The van der Waals surface area contributed by atoms with Gasteiger partial charge in [-0.05, 0) is 35.4 Å². The van der Waals surface area contributed by atoms with Crippen molar-refractivity contribution in [2.24, 2.45) is 0 Å². The van der Waals surface area contributed by atoms with Crippen LogP contribution >= 0.6 is 0 Å². The fourth-order valence-electron chi connectivity index (χ4n) is 3.15. The fraction of sp³-hybridized carbons (Fsp3) is 0.0455. The third-order valence-corrected chi connectivity index (χ3v) is 4.32. The molecule has 1 heterocycles. The predicted molar refractivity (Wildman–Crippen MR) is 96.6 cm³/mol. The van der Waals surface area contributed by atoms with Gasteiger partial charge in [0.15, 0.2) is 0 Å². The number of carbonyl (C=O) groups excluding carboxylic acids is 1. The first kappa shape index (κ1) is 15.2. The molecule has 3 aromatic carbocycles. The first-order valence-electron chi connectivity index (χ1n) is 8.09. The number of hydrogen-bond acceptors (Lipinski definition) is 3. The van der Waals surface area contributed by atoms with Crippen molar-refractivity contribution in [3.8, 4) is 5.75 Å². The quantitative estimate of drug-likeness (QED) is 0.715. The van der Waals surface area contributed by atoms with Gasteiger partial charge < -0.3 is 9.84 Å².